The van der Waals surface area contributed by atoms with Crippen molar-refractivity contribution in [3.63, 3.8) is 0 Å². The van der Waals surface area contributed by atoms with Crippen molar-refractivity contribution in [2.24, 2.45) is 0 Å². The number of hydrogen-bond donors (Lipinski definition) is 1. The van der Waals surface area contributed by atoms with Crippen LogP contribution in [0.15, 0.2) is 22.7 Å². The lowest BCUT2D eigenvalue weighted by Gasteiger charge is -2.26. The lowest BCUT2D eigenvalue weighted by Crippen LogP contribution is -2.39. The summed E-state index contributed by atoms with van der Waals surface area (Å²) in [7, 11) is 0. The van der Waals surface area contributed by atoms with Crippen molar-refractivity contribution in [1.82, 2.24) is 4.90 Å². The summed E-state index contributed by atoms with van der Waals surface area (Å²) in [5.41, 5.74) is 1.19. The zero-order valence-electron chi connectivity index (χ0n) is 9.59. The highest BCUT2D eigenvalue weighted by Crippen LogP contribution is 2.22. The van der Waals surface area contributed by atoms with Crippen molar-refractivity contribution in [3.05, 3.63) is 26.2 Å². The van der Waals surface area contributed by atoms with Gasteiger partial charge in [0.25, 0.3) is 0 Å². The van der Waals surface area contributed by atoms with Gasteiger partial charge < -0.3 is 10.1 Å². The molecule has 94 valence electrons. The number of hydrogen-bond acceptors (Lipinski definition) is 3. The Morgan fingerprint density at radius 1 is 1.35 bits per heavy atom. The lowest BCUT2D eigenvalue weighted by atomic mass is 10.3. The zero-order chi connectivity index (χ0) is 12.1. The molecule has 0 spiro atoms. The van der Waals surface area contributed by atoms with E-state index >= 15 is 0 Å². The summed E-state index contributed by atoms with van der Waals surface area (Å²) in [6.07, 6.45) is 0. The molecule has 1 saturated heterocycles. The fraction of sp³-hybridized carbons (Fsp3) is 0.500. The summed E-state index contributed by atoms with van der Waals surface area (Å²) in [5.74, 6) is 0. The molecule has 0 bridgehead atoms. The molecule has 0 atom stereocenters. The second-order valence-electron chi connectivity index (χ2n) is 4.01. The number of morpholine rings is 1. The normalized spacial score (nSPS) is 17.1. The molecule has 0 amide bonds. The van der Waals surface area contributed by atoms with E-state index in [1.165, 1.54) is 9.26 Å². The van der Waals surface area contributed by atoms with E-state index < -0.39 is 0 Å². The largest absolute Gasteiger partial charge is 0.384 e. The Morgan fingerprint density at radius 2 is 2.12 bits per heavy atom. The second kappa shape index (κ2) is 6.92. The third-order valence-electron chi connectivity index (χ3n) is 2.78. The first-order valence-corrected chi connectivity index (χ1v) is 7.62. The van der Waals surface area contributed by atoms with Gasteiger partial charge in [-0.2, -0.15) is 0 Å². The van der Waals surface area contributed by atoms with Gasteiger partial charge >= 0.3 is 0 Å². The average molecular weight is 411 g/mol. The van der Waals surface area contributed by atoms with Crippen molar-refractivity contribution in [1.29, 1.82) is 0 Å². The molecule has 1 heterocycles. The quantitative estimate of drug-likeness (QED) is 0.772. The molecular weight excluding hydrogens is 395 g/mol. The molecule has 1 aromatic carbocycles. The third-order valence-corrected chi connectivity index (χ3v) is 5.11. The first-order chi connectivity index (χ1) is 8.25. The maximum absolute atomic E-state index is 5.32. The highest BCUT2D eigenvalue weighted by atomic mass is 127. The molecule has 17 heavy (non-hydrogen) atoms. The standard InChI is InChI=1S/C12H16BrIN2O/c13-11-2-1-10(9-12(11)14)15-3-4-16-5-7-17-8-6-16/h1-2,9,15H,3-8H2. The van der Waals surface area contributed by atoms with Gasteiger partial charge in [0.1, 0.15) is 0 Å². The average Bonchev–Trinajstić information content (AvgIpc) is 2.35. The molecule has 0 unspecified atom stereocenters. The Kier molecular flexibility index (Phi) is 5.52. The molecule has 1 aliphatic heterocycles. The summed E-state index contributed by atoms with van der Waals surface area (Å²) >= 11 is 5.83. The van der Waals surface area contributed by atoms with E-state index in [9.17, 15) is 0 Å². The van der Waals surface area contributed by atoms with Crippen molar-refractivity contribution in [3.8, 4) is 0 Å². The molecule has 0 aromatic heterocycles. The van der Waals surface area contributed by atoms with E-state index in [0.29, 0.717) is 0 Å². The van der Waals surface area contributed by atoms with Gasteiger partial charge in [-0.15, -0.1) is 0 Å². The van der Waals surface area contributed by atoms with Gasteiger partial charge in [-0.05, 0) is 56.7 Å². The predicted molar refractivity (Wildman–Crippen MR) is 82.6 cm³/mol. The van der Waals surface area contributed by atoms with E-state index in [-0.39, 0.29) is 0 Å². The van der Waals surface area contributed by atoms with Crippen LogP contribution in [0.25, 0.3) is 0 Å². The summed E-state index contributed by atoms with van der Waals surface area (Å²) in [6.45, 7) is 5.92. The van der Waals surface area contributed by atoms with Crippen LogP contribution in [-0.4, -0.2) is 44.3 Å². The summed E-state index contributed by atoms with van der Waals surface area (Å²) in [6, 6.07) is 6.34. The fourth-order valence-corrected chi connectivity index (χ4v) is 2.55. The molecule has 1 aliphatic rings. The Balaban J connectivity index is 1.75. The number of ether oxygens (including phenoxy) is 1. The van der Waals surface area contributed by atoms with Crippen LogP contribution in [0.1, 0.15) is 0 Å². The Bertz CT molecular complexity index is 370. The lowest BCUT2D eigenvalue weighted by molar-refractivity contribution is 0.0398. The van der Waals surface area contributed by atoms with Gasteiger partial charge in [0.05, 0.1) is 13.2 Å². The molecule has 2 rings (SSSR count). The highest BCUT2D eigenvalue weighted by molar-refractivity contribution is 14.1. The van der Waals surface area contributed by atoms with Crippen molar-refractivity contribution in [2.45, 2.75) is 0 Å². The zero-order valence-corrected chi connectivity index (χ0v) is 13.3. The second-order valence-corrected chi connectivity index (χ2v) is 6.03. The first kappa shape index (κ1) is 13.6. The molecular formula is C12H16BrIN2O. The minimum Gasteiger partial charge on any atom is -0.384 e. The molecule has 1 aromatic rings. The van der Waals surface area contributed by atoms with E-state index in [0.717, 1.165) is 43.9 Å². The number of benzene rings is 1. The summed E-state index contributed by atoms with van der Waals surface area (Å²) in [5, 5.41) is 3.45. The minimum atomic E-state index is 0.871. The Labute approximate surface area is 124 Å². The van der Waals surface area contributed by atoms with Crippen LogP contribution in [0, 0.1) is 3.57 Å². The van der Waals surface area contributed by atoms with E-state index in [1.807, 2.05) is 0 Å². The number of nitrogens with zero attached hydrogens (tertiary/aromatic N) is 1. The van der Waals surface area contributed by atoms with E-state index in [2.05, 4.69) is 66.9 Å². The minimum absolute atomic E-state index is 0.871. The number of halogens is 2. The van der Waals surface area contributed by atoms with Crippen LogP contribution in [0.3, 0.4) is 0 Å². The van der Waals surface area contributed by atoms with E-state index in [4.69, 9.17) is 4.74 Å². The van der Waals surface area contributed by atoms with Crippen LogP contribution < -0.4 is 5.32 Å². The van der Waals surface area contributed by atoms with Crippen LogP contribution in [0.2, 0.25) is 0 Å². The summed E-state index contributed by atoms with van der Waals surface area (Å²) < 4.78 is 7.71. The Hall–Kier alpha value is 0.150. The van der Waals surface area contributed by atoms with Gasteiger partial charge in [-0.25, -0.2) is 0 Å². The van der Waals surface area contributed by atoms with E-state index in [1.54, 1.807) is 0 Å². The topological polar surface area (TPSA) is 24.5 Å². The molecule has 1 N–H and O–H groups in total. The predicted octanol–water partition coefficient (Wildman–Crippen LogP) is 2.80. The van der Waals surface area contributed by atoms with Crippen LogP contribution in [0.5, 0.6) is 0 Å². The number of rotatable bonds is 4. The molecule has 1 fully saturated rings. The van der Waals surface area contributed by atoms with Gasteiger partial charge in [0.15, 0.2) is 0 Å². The van der Waals surface area contributed by atoms with Crippen LogP contribution in [-0.2, 0) is 4.74 Å². The first-order valence-electron chi connectivity index (χ1n) is 5.75. The van der Waals surface area contributed by atoms with Gasteiger partial charge in [-0.3, -0.25) is 4.90 Å². The third kappa shape index (κ3) is 4.39. The Morgan fingerprint density at radius 3 is 2.82 bits per heavy atom. The molecule has 0 aliphatic carbocycles. The van der Waals surface area contributed by atoms with Crippen LogP contribution >= 0.6 is 38.5 Å². The summed E-state index contributed by atoms with van der Waals surface area (Å²) in [4.78, 5) is 2.43. The number of nitrogens with one attached hydrogen (secondary N) is 1. The highest BCUT2D eigenvalue weighted by Gasteiger charge is 2.09. The fourth-order valence-electron chi connectivity index (χ4n) is 1.79. The smallest absolute Gasteiger partial charge is 0.0594 e. The maximum atomic E-state index is 5.32. The SMILES string of the molecule is Brc1ccc(NCCN2CCOCC2)cc1I. The molecule has 3 nitrogen and oxygen atoms in total. The molecule has 0 saturated carbocycles. The van der Waals surface area contributed by atoms with Crippen molar-refractivity contribution < 1.29 is 4.74 Å². The monoisotopic (exact) mass is 410 g/mol. The van der Waals surface area contributed by atoms with Gasteiger partial charge in [0.2, 0.25) is 0 Å². The van der Waals surface area contributed by atoms with Crippen LogP contribution in [0.4, 0.5) is 5.69 Å². The van der Waals surface area contributed by atoms with Gasteiger partial charge in [0, 0.05) is 39.9 Å². The van der Waals surface area contributed by atoms with Crippen molar-refractivity contribution in [2.75, 3.05) is 44.7 Å². The van der Waals surface area contributed by atoms with Gasteiger partial charge in [-0.1, -0.05) is 0 Å². The number of anilines is 1. The molecule has 5 heteroatoms. The van der Waals surface area contributed by atoms with Crippen molar-refractivity contribution >= 4 is 44.2 Å². The maximum Gasteiger partial charge on any atom is 0.0594 e. The molecule has 0 radical (unpaired) electrons.